The second-order valence-corrected chi connectivity index (χ2v) is 11.8. The molecule has 9 aromatic rings. The van der Waals surface area contributed by atoms with Gasteiger partial charge >= 0.3 is 0 Å². The first-order valence-corrected chi connectivity index (χ1v) is 15.6. The van der Waals surface area contributed by atoms with Crippen molar-refractivity contribution in [1.82, 2.24) is 19.9 Å². The van der Waals surface area contributed by atoms with Gasteiger partial charge in [-0.3, -0.25) is 0 Å². The zero-order valence-electron chi connectivity index (χ0n) is 25.1. The molecule has 0 unspecified atom stereocenters. The topological polar surface area (TPSA) is 64.7 Å². The molecule has 47 heavy (non-hydrogen) atoms. The summed E-state index contributed by atoms with van der Waals surface area (Å²) in [7, 11) is 0. The number of hydrogen-bond donors (Lipinski definition) is 0. The molecule has 6 aromatic carbocycles. The van der Waals surface area contributed by atoms with E-state index >= 15 is 0 Å². The molecule has 0 saturated heterocycles. The molecule has 0 amide bonds. The summed E-state index contributed by atoms with van der Waals surface area (Å²) in [6.45, 7) is 0. The highest BCUT2D eigenvalue weighted by Gasteiger charge is 2.23. The Kier molecular flexibility index (Phi) is 5.51. The zero-order chi connectivity index (χ0) is 30.9. The normalized spacial score (nSPS) is 11.8. The smallest absolute Gasteiger partial charge is 0.164 e. The highest BCUT2D eigenvalue weighted by molar-refractivity contribution is 6.15. The minimum Gasteiger partial charge on any atom is -0.456 e. The van der Waals surface area contributed by atoms with Gasteiger partial charge in [0.05, 0.1) is 11.2 Å². The van der Waals surface area contributed by atoms with Crippen LogP contribution in [0.3, 0.4) is 0 Å². The molecule has 218 valence electrons. The monoisotopic (exact) mass is 600 g/mol. The number of para-hydroxylation sites is 1. The van der Waals surface area contributed by atoms with E-state index in [0.29, 0.717) is 17.5 Å². The molecule has 0 spiro atoms. The maximum absolute atomic E-state index is 6.19. The summed E-state index contributed by atoms with van der Waals surface area (Å²) in [4.78, 5) is 20.1. The lowest BCUT2D eigenvalue weighted by atomic mass is 10.0. The standard InChI is InChI=1S/C42H24N4O/c1-2-10-26(11-3-1)40-44-41(46-42(45-40)32-16-9-19-37-39(32)31-14-6-7-18-36(31)47-37)27-22-20-25(21-23-27)35-24-33-29-13-5-4-12-28(29)30-15-8-17-34(43-35)38(30)33/h1-24H. The summed E-state index contributed by atoms with van der Waals surface area (Å²) in [6.07, 6.45) is 0. The summed E-state index contributed by atoms with van der Waals surface area (Å²) >= 11 is 0. The van der Waals surface area contributed by atoms with Crippen molar-refractivity contribution in [2.45, 2.75) is 0 Å². The Labute approximate surface area is 269 Å². The van der Waals surface area contributed by atoms with Gasteiger partial charge in [0.2, 0.25) is 0 Å². The van der Waals surface area contributed by atoms with E-state index in [4.69, 9.17) is 24.4 Å². The van der Waals surface area contributed by atoms with E-state index in [1.54, 1.807) is 0 Å². The van der Waals surface area contributed by atoms with E-state index in [9.17, 15) is 0 Å². The van der Waals surface area contributed by atoms with Crippen LogP contribution in [0.25, 0.3) is 101 Å². The second kappa shape index (κ2) is 10.0. The Balaban J connectivity index is 1.11. The maximum atomic E-state index is 6.19. The van der Waals surface area contributed by atoms with Crippen LogP contribution < -0.4 is 0 Å². The molecule has 5 heteroatoms. The number of nitrogens with zero attached hydrogens (tertiary/aromatic N) is 4. The molecular weight excluding hydrogens is 576 g/mol. The van der Waals surface area contributed by atoms with Crippen molar-refractivity contribution in [2.75, 3.05) is 0 Å². The van der Waals surface area contributed by atoms with Crippen molar-refractivity contribution in [3.05, 3.63) is 146 Å². The fraction of sp³-hybridized carbons (Fsp3) is 0. The molecule has 0 bridgehead atoms. The lowest BCUT2D eigenvalue weighted by Crippen LogP contribution is -2.00. The number of hydrogen-bond acceptors (Lipinski definition) is 5. The van der Waals surface area contributed by atoms with Crippen molar-refractivity contribution in [1.29, 1.82) is 0 Å². The van der Waals surface area contributed by atoms with Crippen LogP contribution in [0, 0.1) is 0 Å². The third-order valence-electron chi connectivity index (χ3n) is 9.09. The molecule has 0 N–H and O–H groups in total. The fourth-order valence-corrected chi connectivity index (χ4v) is 6.92. The van der Waals surface area contributed by atoms with Gasteiger partial charge in [-0.2, -0.15) is 0 Å². The van der Waals surface area contributed by atoms with Gasteiger partial charge in [0.1, 0.15) is 11.2 Å². The second-order valence-electron chi connectivity index (χ2n) is 11.8. The molecule has 0 saturated carbocycles. The van der Waals surface area contributed by atoms with E-state index in [2.05, 4.69) is 84.9 Å². The molecule has 0 atom stereocenters. The van der Waals surface area contributed by atoms with Crippen LogP contribution in [0.1, 0.15) is 0 Å². The van der Waals surface area contributed by atoms with Gasteiger partial charge in [-0.15, -0.1) is 0 Å². The average molecular weight is 601 g/mol. The Morgan fingerprint density at radius 3 is 1.79 bits per heavy atom. The van der Waals surface area contributed by atoms with Gasteiger partial charge in [-0.1, -0.05) is 121 Å². The SMILES string of the molecule is c1ccc(-c2nc(-c3ccc(-c4cc5c6c(cccc6n4)-c4ccccc4-5)cc3)nc(-c3cccc4oc5ccccc5c34)n2)cc1. The molecule has 0 aliphatic heterocycles. The first-order chi connectivity index (χ1) is 23.3. The Morgan fingerprint density at radius 2 is 0.957 bits per heavy atom. The van der Waals surface area contributed by atoms with Crippen LogP contribution in [0.4, 0.5) is 0 Å². The van der Waals surface area contributed by atoms with Crippen LogP contribution in [-0.2, 0) is 0 Å². The molecule has 3 heterocycles. The molecule has 1 aliphatic carbocycles. The van der Waals surface area contributed by atoms with Gasteiger partial charge in [0.25, 0.3) is 0 Å². The van der Waals surface area contributed by atoms with Crippen molar-refractivity contribution >= 4 is 32.8 Å². The maximum Gasteiger partial charge on any atom is 0.164 e. The predicted octanol–water partition coefficient (Wildman–Crippen LogP) is 10.6. The Hall–Kier alpha value is -6.46. The Bertz CT molecular complexity index is 2680. The van der Waals surface area contributed by atoms with Gasteiger partial charge in [-0.05, 0) is 46.5 Å². The van der Waals surface area contributed by atoms with Crippen LogP contribution >= 0.6 is 0 Å². The van der Waals surface area contributed by atoms with Crippen molar-refractivity contribution < 1.29 is 4.42 Å². The predicted molar refractivity (Wildman–Crippen MR) is 189 cm³/mol. The molecule has 5 nitrogen and oxygen atoms in total. The third-order valence-corrected chi connectivity index (χ3v) is 9.09. The van der Waals surface area contributed by atoms with E-state index in [1.807, 2.05) is 60.7 Å². The van der Waals surface area contributed by atoms with Crippen molar-refractivity contribution in [2.24, 2.45) is 0 Å². The number of furan rings is 1. The van der Waals surface area contributed by atoms with Crippen LogP contribution in [0.5, 0.6) is 0 Å². The lowest BCUT2D eigenvalue weighted by molar-refractivity contribution is 0.669. The summed E-state index contributed by atoms with van der Waals surface area (Å²) in [5, 5.41) is 3.25. The number of rotatable bonds is 4. The average Bonchev–Trinajstić information content (AvgIpc) is 3.69. The molecule has 10 rings (SSSR count). The van der Waals surface area contributed by atoms with Crippen LogP contribution in [-0.4, -0.2) is 19.9 Å². The first kappa shape index (κ1) is 25.8. The van der Waals surface area contributed by atoms with Crippen molar-refractivity contribution in [3.8, 4) is 67.7 Å². The summed E-state index contributed by atoms with van der Waals surface area (Å²) in [6, 6.07) is 49.8. The quantitative estimate of drug-likeness (QED) is 0.201. The largest absolute Gasteiger partial charge is 0.456 e. The number of aromatic nitrogens is 4. The molecular formula is C42H24N4O. The fourth-order valence-electron chi connectivity index (χ4n) is 6.92. The summed E-state index contributed by atoms with van der Waals surface area (Å²) < 4.78 is 6.19. The van der Waals surface area contributed by atoms with E-state index < -0.39 is 0 Å². The van der Waals surface area contributed by atoms with Gasteiger partial charge in [0, 0.05) is 38.4 Å². The first-order valence-electron chi connectivity index (χ1n) is 15.6. The van der Waals surface area contributed by atoms with Crippen LogP contribution in [0.2, 0.25) is 0 Å². The molecule has 1 aliphatic rings. The molecule has 0 radical (unpaired) electrons. The molecule has 0 fully saturated rings. The zero-order valence-corrected chi connectivity index (χ0v) is 25.1. The Morgan fingerprint density at radius 1 is 0.362 bits per heavy atom. The third kappa shape index (κ3) is 4.03. The van der Waals surface area contributed by atoms with Gasteiger partial charge < -0.3 is 4.42 Å². The van der Waals surface area contributed by atoms with Crippen LogP contribution in [0.15, 0.2) is 150 Å². The minimum atomic E-state index is 0.601. The number of pyridine rings is 1. The highest BCUT2D eigenvalue weighted by atomic mass is 16.3. The van der Waals surface area contributed by atoms with Gasteiger partial charge in [0.15, 0.2) is 17.5 Å². The van der Waals surface area contributed by atoms with E-state index in [0.717, 1.165) is 55.4 Å². The minimum absolute atomic E-state index is 0.601. The lowest BCUT2D eigenvalue weighted by Gasteiger charge is -2.10. The summed E-state index contributed by atoms with van der Waals surface area (Å²) in [5.41, 5.74) is 12.4. The van der Waals surface area contributed by atoms with E-state index in [-0.39, 0.29) is 0 Å². The van der Waals surface area contributed by atoms with Gasteiger partial charge in [-0.25, -0.2) is 19.9 Å². The highest BCUT2D eigenvalue weighted by Crippen LogP contribution is 2.47. The number of fused-ring (bicyclic) bond motifs is 6. The van der Waals surface area contributed by atoms with E-state index in [1.165, 1.54) is 27.6 Å². The molecule has 3 aromatic heterocycles. The summed E-state index contributed by atoms with van der Waals surface area (Å²) in [5.74, 6) is 1.82. The number of benzene rings is 6. The van der Waals surface area contributed by atoms with Crippen molar-refractivity contribution in [3.63, 3.8) is 0 Å².